The molecule has 1 aromatic heterocycles. The van der Waals surface area contributed by atoms with Crippen molar-refractivity contribution in [1.82, 2.24) is 10.2 Å². The normalized spacial score (nSPS) is 11.8. The number of alkyl halides is 3. The zero-order valence-electron chi connectivity index (χ0n) is 9.94. The molecule has 0 radical (unpaired) electrons. The fourth-order valence-electron chi connectivity index (χ4n) is 1.63. The van der Waals surface area contributed by atoms with Crippen LogP contribution in [0.15, 0.2) is 28.7 Å². The van der Waals surface area contributed by atoms with Crippen molar-refractivity contribution in [3.05, 3.63) is 35.7 Å². The van der Waals surface area contributed by atoms with Crippen LogP contribution in [0.25, 0.3) is 11.5 Å². The summed E-state index contributed by atoms with van der Waals surface area (Å²) in [7, 11) is 0. The molecule has 0 bridgehead atoms. The molecule has 4 nitrogen and oxygen atoms in total. The Balaban J connectivity index is 2.34. The van der Waals surface area contributed by atoms with E-state index in [0.29, 0.717) is 19.4 Å². The first-order chi connectivity index (χ1) is 9.02. The second-order valence-electron chi connectivity index (χ2n) is 3.94. The second-order valence-corrected chi connectivity index (χ2v) is 3.94. The van der Waals surface area contributed by atoms with Gasteiger partial charge in [0.05, 0.1) is 11.1 Å². The van der Waals surface area contributed by atoms with Crippen LogP contribution >= 0.6 is 0 Å². The van der Waals surface area contributed by atoms with Crippen molar-refractivity contribution in [3.63, 3.8) is 0 Å². The highest BCUT2D eigenvalue weighted by molar-refractivity contribution is 5.59. The lowest BCUT2D eigenvalue weighted by Crippen LogP contribution is -2.06. The minimum atomic E-state index is -4.46. The quantitative estimate of drug-likeness (QED) is 0.928. The number of halogens is 3. The molecule has 0 saturated carbocycles. The average Bonchev–Trinajstić information content (AvgIpc) is 2.84. The molecule has 7 heteroatoms. The van der Waals surface area contributed by atoms with Crippen LogP contribution in [0.5, 0.6) is 0 Å². The van der Waals surface area contributed by atoms with Crippen LogP contribution in [0.4, 0.5) is 13.2 Å². The van der Waals surface area contributed by atoms with Crippen LogP contribution in [0, 0.1) is 0 Å². The van der Waals surface area contributed by atoms with Crippen LogP contribution in [0.2, 0.25) is 0 Å². The van der Waals surface area contributed by atoms with Gasteiger partial charge in [-0.1, -0.05) is 12.1 Å². The molecule has 1 heterocycles. The molecular formula is C12H12F3N3O. The summed E-state index contributed by atoms with van der Waals surface area (Å²) in [6.45, 7) is 0.455. The zero-order chi connectivity index (χ0) is 13.9. The largest absolute Gasteiger partial charge is 0.421 e. The van der Waals surface area contributed by atoms with E-state index in [2.05, 4.69) is 10.2 Å². The highest BCUT2D eigenvalue weighted by Gasteiger charge is 2.34. The van der Waals surface area contributed by atoms with Crippen molar-refractivity contribution < 1.29 is 17.6 Å². The molecule has 2 rings (SSSR count). The maximum absolute atomic E-state index is 12.8. The van der Waals surface area contributed by atoms with E-state index < -0.39 is 11.7 Å². The number of nitrogens with two attached hydrogens (primary N) is 1. The third-order valence-corrected chi connectivity index (χ3v) is 2.52. The lowest BCUT2D eigenvalue weighted by atomic mass is 10.1. The molecule has 2 N–H and O–H groups in total. The molecule has 102 valence electrons. The van der Waals surface area contributed by atoms with E-state index in [1.165, 1.54) is 18.2 Å². The molecule has 1 aromatic carbocycles. The first kappa shape index (κ1) is 13.5. The highest BCUT2D eigenvalue weighted by atomic mass is 19.4. The van der Waals surface area contributed by atoms with Gasteiger partial charge in [0.25, 0.3) is 0 Å². The predicted molar refractivity (Wildman–Crippen MR) is 62.1 cm³/mol. The van der Waals surface area contributed by atoms with Crippen molar-refractivity contribution in [2.75, 3.05) is 6.54 Å². The number of aryl methyl sites for hydroxylation is 1. The van der Waals surface area contributed by atoms with Crippen LogP contribution < -0.4 is 5.73 Å². The Morgan fingerprint density at radius 3 is 2.58 bits per heavy atom. The first-order valence-electron chi connectivity index (χ1n) is 5.71. The minimum absolute atomic E-state index is 0.110. The van der Waals surface area contributed by atoms with Gasteiger partial charge >= 0.3 is 6.18 Å². The van der Waals surface area contributed by atoms with Gasteiger partial charge in [0.1, 0.15) is 0 Å². The fraction of sp³-hybridized carbons (Fsp3) is 0.333. The van der Waals surface area contributed by atoms with Gasteiger partial charge in [0.15, 0.2) is 0 Å². The van der Waals surface area contributed by atoms with Crippen molar-refractivity contribution in [2.45, 2.75) is 19.0 Å². The van der Waals surface area contributed by atoms with Gasteiger partial charge < -0.3 is 10.2 Å². The van der Waals surface area contributed by atoms with Gasteiger partial charge in [-0.3, -0.25) is 0 Å². The molecule has 0 saturated heterocycles. The van der Waals surface area contributed by atoms with Crippen LogP contribution in [0.1, 0.15) is 17.9 Å². The summed E-state index contributed by atoms with van der Waals surface area (Å²) in [5.74, 6) is 0.164. The van der Waals surface area contributed by atoms with E-state index in [4.69, 9.17) is 10.2 Å². The Morgan fingerprint density at radius 2 is 1.89 bits per heavy atom. The average molecular weight is 271 g/mol. The standard InChI is InChI=1S/C12H12F3N3O/c13-12(14,15)9-5-2-1-4-8(9)11-18-17-10(19-11)6-3-7-16/h1-2,4-5H,3,6-7,16H2. The van der Waals surface area contributed by atoms with Crippen molar-refractivity contribution in [3.8, 4) is 11.5 Å². The molecule has 0 unspecified atom stereocenters. The monoisotopic (exact) mass is 271 g/mol. The zero-order valence-corrected chi connectivity index (χ0v) is 9.94. The molecule has 0 aliphatic heterocycles. The molecule has 0 spiro atoms. The Labute approximate surface area is 107 Å². The van der Waals surface area contributed by atoms with Gasteiger partial charge in [-0.2, -0.15) is 13.2 Å². The third kappa shape index (κ3) is 3.11. The Kier molecular flexibility index (Phi) is 3.84. The fourth-order valence-corrected chi connectivity index (χ4v) is 1.63. The Hall–Kier alpha value is -1.89. The number of hydrogen-bond acceptors (Lipinski definition) is 4. The summed E-state index contributed by atoms with van der Waals surface area (Å²) in [6, 6.07) is 5.11. The topological polar surface area (TPSA) is 64.9 Å². The lowest BCUT2D eigenvalue weighted by molar-refractivity contribution is -0.137. The van der Waals surface area contributed by atoms with Gasteiger partial charge in [0, 0.05) is 6.42 Å². The molecule has 19 heavy (non-hydrogen) atoms. The van der Waals surface area contributed by atoms with Gasteiger partial charge in [-0.25, -0.2) is 0 Å². The van der Waals surface area contributed by atoms with Gasteiger partial charge in [-0.15, -0.1) is 10.2 Å². The predicted octanol–water partition coefficient (Wildman–Crippen LogP) is 2.65. The summed E-state index contributed by atoms with van der Waals surface area (Å²) in [4.78, 5) is 0. The van der Waals surface area contributed by atoms with E-state index in [1.807, 2.05) is 0 Å². The minimum Gasteiger partial charge on any atom is -0.421 e. The van der Waals surface area contributed by atoms with Crippen LogP contribution in [0.3, 0.4) is 0 Å². The van der Waals surface area contributed by atoms with Crippen LogP contribution in [-0.4, -0.2) is 16.7 Å². The number of aromatic nitrogens is 2. The van der Waals surface area contributed by atoms with Gasteiger partial charge in [0.2, 0.25) is 11.8 Å². The van der Waals surface area contributed by atoms with E-state index in [0.717, 1.165) is 6.07 Å². The first-order valence-corrected chi connectivity index (χ1v) is 5.71. The molecule has 2 aromatic rings. The smallest absolute Gasteiger partial charge is 0.417 e. The summed E-state index contributed by atoms with van der Waals surface area (Å²) in [5, 5.41) is 7.37. The number of rotatable bonds is 4. The van der Waals surface area contributed by atoms with Crippen molar-refractivity contribution in [1.29, 1.82) is 0 Å². The molecule has 0 fully saturated rings. The SMILES string of the molecule is NCCCc1nnc(-c2ccccc2C(F)(F)F)o1. The summed E-state index contributed by atoms with van der Waals surface area (Å²) in [6.07, 6.45) is -3.36. The van der Waals surface area contributed by atoms with Crippen LogP contribution in [-0.2, 0) is 12.6 Å². The number of nitrogens with zero attached hydrogens (tertiary/aromatic N) is 2. The summed E-state index contributed by atoms with van der Waals surface area (Å²) in [5.41, 5.74) is 4.44. The van der Waals surface area contributed by atoms with E-state index in [1.54, 1.807) is 0 Å². The summed E-state index contributed by atoms with van der Waals surface area (Å²) < 4.78 is 43.7. The van der Waals surface area contributed by atoms with E-state index >= 15 is 0 Å². The van der Waals surface area contributed by atoms with Crippen molar-refractivity contribution >= 4 is 0 Å². The maximum Gasteiger partial charge on any atom is 0.417 e. The Morgan fingerprint density at radius 1 is 1.16 bits per heavy atom. The molecule has 0 aliphatic rings. The number of hydrogen-bond donors (Lipinski definition) is 1. The van der Waals surface area contributed by atoms with Gasteiger partial charge in [-0.05, 0) is 25.1 Å². The summed E-state index contributed by atoms with van der Waals surface area (Å²) >= 11 is 0. The van der Waals surface area contributed by atoms with Crippen molar-refractivity contribution in [2.24, 2.45) is 5.73 Å². The van der Waals surface area contributed by atoms with E-state index in [-0.39, 0.29) is 17.3 Å². The lowest BCUT2D eigenvalue weighted by Gasteiger charge is -2.09. The third-order valence-electron chi connectivity index (χ3n) is 2.52. The maximum atomic E-state index is 12.8. The number of benzene rings is 1. The molecule has 0 aliphatic carbocycles. The molecule has 0 atom stereocenters. The van der Waals surface area contributed by atoms with E-state index in [9.17, 15) is 13.2 Å². The Bertz CT molecular complexity index is 551. The second kappa shape index (κ2) is 5.40. The highest BCUT2D eigenvalue weighted by Crippen LogP contribution is 2.36. The molecule has 0 amide bonds. The molecular weight excluding hydrogens is 259 g/mol.